The third-order valence-electron chi connectivity index (χ3n) is 4.81. The molecule has 0 aliphatic rings. The summed E-state index contributed by atoms with van der Waals surface area (Å²) in [5, 5.41) is 10.1. The Morgan fingerprint density at radius 1 is 1.04 bits per heavy atom. The first-order valence-corrected chi connectivity index (χ1v) is 9.61. The second kappa shape index (κ2) is 9.29. The predicted octanol–water partition coefficient (Wildman–Crippen LogP) is 4.85. The Kier molecular flexibility index (Phi) is 6.56. The number of aliphatic hydroxyl groups is 1. The first-order valence-electron chi connectivity index (χ1n) is 9.61. The SMILES string of the molecule is CCC[C@@H](O)c1ccc(-c2ccc(C(=O)N(C)Cc3cccnc3)cc2)cc1. The number of pyridine rings is 1. The average Bonchev–Trinajstić information content (AvgIpc) is 2.74. The fourth-order valence-corrected chi connectivity index (χ4v) is 3.20. The van der Waals surface area contributed by atoms with Crippen LogP contribution >= 0.6 is 0 Å². The van der Waals surface area contributed by atoms with Crippen LogP contribution in [-0.4, -0.2) is 27.9 Å². The fourth-order valence-electron chi connectivity index (χ4n) is 3.20. The Morgan fingerprint density at radius 2 is 1.68 bits per heavy atom. The monoisotopic (exact) mass is 374 g/mol. The predicted molar refractivity (Wildman–Crippen MR) is 112 cm³/mol. The summed E-state index contributed by atoms with van der Waals surface area (Å²) in [6, 6.07) is 19.4. The maximum atomic E-state index is 12.7. The molecule has 4 heteroatoms. The van der Waals surface area contributed by atoms with Gasteiger partial charge in [0.2, 0.25) is 0 Å². The molecule has 0 spiro atoms. The van der Waals surface area contributed by atoms with Crippen LogP contribution in [0.2, 0.25) is 0 Å². The highest BCUT2D eigenvalue weighted by molar-refractivity contribution is 5.94. The number of carbonyl (C=O) groups is 1. The van der Waals surface area contributed by atoms with Crippen LogP contribution in [0, 0.1) is 0 Å². The Balaban J connectivity index is 1.68. The van der Waals surface area contributed by atoms with Gasteiger partial charge in [-0.15, -0.1) is 0 Å². The second-order valence-electron chi connectivity index (χ2n) is 7.03. The van der Waals surface area contributed by atoms with Gasteiger partial charge in [0.05, 0.1) is 6.10 Å². The van der Waals surface area contributed by atoms with Gasteiger partial charge in [0.15, 0.2) is 0 Å². The molecule has 1 aromatic heterocycles. The summed E-state index contributed by atoms with van der Waals surface area (Å²) in [6.45, 7) is 2.59. The van der Waals surface area contributed by atoms with Crippen LogP contribution in [0.4, 0.5) is 0 Å². The first-order chi connectivity index (χ1) is 13.6. The molecule has 3 aromatic rings. The van der Waals surface area contributed by atoms with E-state index in [0.29, 0.717) is 12.1 Å². The molecule has 1 atom stereocenters. The van der Waals surface area contributed by atoms with Crippen molar-refractivity contribution in [1.82, 2.24) is 9.88 Å². The van der Waals surface area contributed by atoms with E-state index in [4.69, 9.17) is 0 Å². The minimum absolute atomic E-state index is 0.0200. The zero-order chi connectivity index (χ0) is 19.9. The van der Waals surface area contributed by atoms with Gasteiger partial charge in [0.25, 0.3) is 5.91 Å². The molecular formula is C24H26N2O2. The number of hydrogen-bond donors (Lipinski definition) is 1. The molecule has 3 rings (SSSR count). The molecule has 4 nitrogen and oxygen atoms in total. The van der Waals surface area contributed by atoms with Crippen molar-refractivity contribution < 1.29 is 9.90 Å². The highest BCUT2D eigenvalue weighted by Gasteiger charge is 2.12. The molecular weight excluding hydrogens is 348 g/mol. The number of benzene rings is 2. The number of amides is 1. The summed E-state index contributed by atoms with van der Waals surface area (Å²) in [7, 11) is 1.80. The maximum Gasteiger partial charge on any atom is 0.253 e. The lowest BCUT2D eigenvalue weighted by Gasteiger charge is -2.17. The topological polar surface area (TPSA) is 53.4 Å². The summed E-state index contributed by atoms with van der Waals surface area (Å²) in [5.41, 5.74) is 4.71. The van der Waals surface area contributed by atoms with Crippen LogP contribution < -0.4 is 0 Å². The smallest absolute Gasteiger partial charge is 0.253 e. The van der Waals surface area contributed by atoms with E-state index in [1.54, 1.807) is 24.3 Å². The van der Waals surface area contributed by atoms with Gasteiger partial charge in [-0.2, -0.15) is 0 Å². The highest BCUT2D eigenvalue weighted by Crippen LogP contribution is 2.24. The second-order valence-corrected chi connectivity index (χ2v) is 7.03. The van der Waals surface area contributed by atoms with Crippen molar-refractivity contribution in [3.05, 3.63) is 89.7 Å². The fraction of sp³-hybridized carbons (Fsp3) is 0.250. The first kappa shape index (κ1) is 19.8. The molecule has 144 valence electrons. The number of rotatable bonds is 7. The Morgan fingerprint density at radius 3 is 2.25 bits per heavy atom. The van der Waals surface area contributed by atoms with Crippen LogP contribution in [0.25, 0.3) is 11.1 Å². The van der Waals surface area contributed by atoms with E-state index >= 15 is 0 Å². The van der Waals surface area contributed by atoms with E-state index in [0.717, 1.165) is 35.1 Å². The van der Waals surface area contributed by atoms with E-state index in [9.17, 15) is 9.90 Å². The van der Waals surface area contributed by atoms with Crippen molar-refractivity contribution in [1.29, 1.82) is 0 Å². The van der Waals surface area contributed by atoms with Crippen molar-refractivity contribution in [3.8, 4) is 11.1 Å². The lowest BCUT2D eigenvalue weighted by Crippen LogP contribution is -2.26. The van der Waals surface area contributed by atoms with Gasteiger partial charge in [0, 0.05) is 31.5 Å². The van der Waals surface area contributed by atoms with Crippen LogP contribution in [-0.2, 0) is 6.54 Å². The van der Waals surface area contributed by atoms with Crippen molar-refractivity contribution in [2.75, 3.05) is 7.05 Å². The standard InChI is InChI=1S/C24H26N2O2/c1-3-5-23(27)21-11-7-19(8-12-21)20-9-13-22(14-10-20)24(28)26(2)17-18-6-4-15-25-16-18/h4,6-16,23,27H,3,5,17H2,1-2H3/t23-/m1/s1. The summed E-state index contributed by atoms with van der Waals surface area (Å²) < 4.78 is 0. The largest absolute Gasteiger partial charge is 0.388 e. The van der Waals surface area contributed by atoms with Crippen LogP contribution in [0.3, 0.4) is 0 Å². The zero-order valence-electron chi connectivity index (χ0n) is 16.4. The third kappa shape index (κ3) is 4.84. The van der Waals surface area contributed by atoms with Gasteiger partial charge in [-0.25, -0.2) is 0 Å². The lowest BCUT2D eigenvalue weighted by atomic mass is 9.99. The Labute approximate surface area is 166 Å². The number of aliphatic hydroxyl groups excluding tert-OH is 1. The molecule has 0 saturated heterocycles. The van der Waals surface area contributed by atoms with Crippen LogP contribution in [0.5, 0.6) is 0 Å². The third-order valence-corrected chi connectivity index (χ3v) is 4.81. The van der Waals surface area contributed by atoms with E-state index < -0.39 is 6.10 Å². The number of nitrogens with zero attached hydrogens (tertiary/aromatic N) is 2. The molecule has 0 saturated carbocycles. The van der Waals surface area contributed by atoms with Gasteiger partial charge < -0.3 is 10.0 Å². The highest BCUT2D eigenvalue weighted by atomic mass is 16.3. The van der Waals surface area contributed by atoms with Gasteiger partial charge in [-0.1, -0.05) is 55.8 Å². The van der Waals surface area contributed by atoms with E-state index in [2.05, 4.69) is 11.9 Å². The molecule has 0 unspecified atom stereocenters. The molecule has 2 aromatic carbocycles. The van der Waals surface area contributed by atoms with Crippen molar-refractivity contribution in [3.63, 3.8) is 0 Å². The molecule has 0 aliphatic heterocycles. The van der Waals surface area contributed by atoms with E-state index in [-0.39, 0.29) is 5.91 Å². The quantitative estimate of drug-likeness (QED) is 0.643. The minimum Gasteiger partial charge on any atom is -0.388 e. The number of aromatic nitrogens is 1. The molecule has 28 heavy (non-hydrogen) atoms. The summed E-state index contributed by atoms with van der Waals surface area (Å²) >= 11 is 0. The Bertz CT molecular complexity index is 890. The average molecular weight is 374 g/mol. The van der Waals surface area contributed by atoms with Crippen LogP contribution in [0.1, 0.15) is 47.4 Å². The molecule has 0 aliphatic carbocycles. The van der Waals surface area contributed by atoms with E-state index in [1.807, 2.05) is 60.7 Å². The molecule has 0 bridgehead atoms. The number of carbonyl (C=O) groups excluding carboxylic acids is 1. The Hall–Kier alpha value is -2.98. The van der Waals surface area contributed by atoms with Gasteiger partial charge >= 0.3 is 0 Å². The van der Waals surface area contributed by atoms with Gasteiger partial charge in [0.1, 0.15) is 0 Å². The van der Waals surface area contributed by atoms with E-state index in [1.165, 1.54) is 0 Å². The molecule has 1 amide bonds. The van der Waals surface area contributed by atoms with Crippen molar-refractivity contribution in [2.24, 2.45) is 0 Å². The summed E-state index contributed by atoms with van der Waals surface area (Å²) in [4.78, 5) is 18.4. The number of hydrogen-bond acceptors (Lipinski definition) is 3. The molecule has 1 heterocycles. The normalized spacial score (nSPS) is 11.8. The molecule has 0 fully saturated rings. The minimum atomic E-state index is -0.408. The van der Waals surface area contributed by atoms with Gasteiger partial charge in [-0.3, -0.25) is 9.78 Å². The van der Waals surface area contributed by atoms with Crippen molar-refractivity contribution in [2.45, 2.75) is 32.4 Å². The van der Waals surface area contributed by atoms with Crippen molar-refractivity contribution >= 4 is 5.91 Å². The summed E-state index contributed by atoms with van der Waals surface area (Å²) in [6.07, 6.45) is 4.81. The van der Waals surface area contributed by atoms with Gasteiger partial charge in [-0.05, 0) is 46.9 Å². The molecule has 1 N–H and O–H groups in total. The molecule has 0 radical (unpaired) electrons. The zero-order valence-corrected chi connectivity index (χ0v) is 16.4. The summed E-state index contributed by atoms with van der Waals surface area (Å²) in [5.74, 6) is -0.0200. The lowest BCUT2D eigenvalue weighted by molar-refractivity contribution is 0.0785. The maximum absolute atomic E-state index is 12.7. The van der Waals surface area contributed by atoms with Crippen LogP contribution in [0.15, 0.2) is 73.1 Å².